The molecule has 0 radical (unpaired) electrons. The quantitative estimate of drug-likeness (QED) is 0.707. The molecule has 0 bridgehead atoms. The predicted octanol–water partition coefficient (Wildman–Crippen LogP) is 2.07. The van der Waals surface area contributed by atoms with Gasteiger partial charge in [-0.05, 0) is 43.5 Å². The Bertz CT molecular complexity index is 347. The number of ether oxygens (including phenoxy) is 2. The Morgan fingerprint density at radius 2 is 2.16 bits per heavy atom. The van der Waals surface area contributed by atoms with E-state index in [-0.39, 0.29) is 0 Å². The summed E-state index contributed by atoms with van der Waals surface area (Å²) in [7, 11) is 0. The Hall–Kier alpha value is -1.10. The Morgan fingerprint density at radius 1 is 1.32 bits per heavy atom. The van der Waals surface area contributed by atoms with E-state index >= 15 is 0 Å². The van der Waals surface area contributed by atoms with Crippen LogP contribution in [0.5, 0.6) is 5.75 Å². The Morgan fingerprint density at radius 3 is 2.89 bits per heavy atom. The highest BCUT2D eigenvalue weighted by atomic mass is 16.5. The molecule has 4 nitrogen and oxygen atoms in total. The molecule has 106 valence electrons. The van der Waals surface area contributed by atoms with E-state index in [1.54, 1.807) is 12.1 Å². The van der Waals surface area contributed by atoms with Crippen molar-refractivity contribution in [3.8, 4) is 5.75 Å². The molecule has 1 heterocycles. The smallest absolute Gasteiger partial charge is 0.115 e. The minimum atomic E-state index is 0.311. The molecule has 1 atom stereocenters. The molecule has 0 amide bonds. The SMILES string of the molecule is Oc1ccc(CNCCCOCC2CCCO2)cc1. The number of benzene rings is 1. The number of rotatable bonds is 8. The first kappa shape index (κ1) is 14.3. The van der Waals surface area contributed by atoms with Crippen molar-refractivity contribution in [1.29, 1.82) is 0 Å². The van der Waals surface area contributed by atoms with Gasteiger partial charge in [0, 0.05) is 19.8 Å². The molecule has 1 aliphatic rings. The third kappa shape index (κ3) is 5.59. The summed E-state index contributed by atoms with van der Waals surface area (Å²) in [6.07, 6.45) is 3.64. The van der Waals surface area contributed by atoms with E-state index in [0.717, 1.165) is 45.8 Å². The summed E-state index contributed by atoms with van der Waals surface area (Å²) in [5.74, 6) is 0.311. The second-order valence-electron chi connectivity index (χ2n) is 4.91. The van der Waals surface area contributed by atoms with Crippen LogP contribution in [0.15, 0.2) is 24.3 Å². The predicted molar refractivity (Wildman–Crippen MR) is 74.2 cm³/mol. The van der Waals surface area contributed by atoms with Gasteiger partial charge < -0.3 is 19.9 Å². The average molecular weight is 265 g/mol. The van der Waals surface area contributed by atoms with Gasteiger partial charge in [-0.15, -0.1) is 0 Å². The molecule has 1 fully saturated rings. The maximum absolute atomic E-state index is 9.17. The fraction of sp³-hybridized carbons (Fsp3) is 0.600. The van der Waals surface area contributed by atoms with Crippen LogP contribution in [0.4, 0.5) is 0 Å². The van der Waals surface area contributed by atoms with E-state index in [4.69, 9.17) is 14.6 Å². The summed E-state index contributed by atoms with van der Waals surface area (Å²) < 4.78 is 11.1. The highest BCUT2D eigenvalue weighted by Crippen LogP contribution is 2.12. The monoisotopic (exact) mass is 265 g/mol. The van der Waals surface area contributed by atoms with E-state index in [2.05, 4.69) is 5.32 Å². The van der Waals surface area contributed by atoms with Crippen molar-refractivity contribution in [2.45, 2.75) is 31.9 Å². The molecule has 1 aliphatic heterocycles. The van der Waals surface area contributed by atoms with Crippen molar-refractivity contribution in [3.05, 3.63) is 29.8 Å². The molecule has 1 aromatic rings. The highest BCUT2D eigenvalue weighted by molar-refractivity contribution is 5.25. The number of aromatic hydroxyl groups is 1. The summed E-state index contributed by atoms with van der Waals surface area (Å²) >= 11 is 0. The number of hydrogen-bond donors (Lipinski definition) is 2. The Balaban J connectivity index is 1.44. The van der Waals surface area contributed by atoms with Crippen LogP contribution in [-0.2, 0) is 16.0 Å². The molecule has 0 spiro atoms. The highest BCUT2D eigenvalue weighted by Gasteiger charge is 2.14. The topological polar surface area (TPSA) is 50.7 Å². The molecule has 1 saturated heterocycles. The second kappa shape index (κ2) is 8.15. The van der Waals surface area contributed by atoms with Crippen molar-refractivity contribution in [1.82, 2.24) is 5.32 Å². The van der Waals surface area contributed by atoms with Crippen LogP contribution in [-0.4, -0.2) is 37.6 Å². The lowest BCUT2D eigenvalue weighted by Crippen LogP contribution is -2.18. The first-order chi connectivity index (χ1) is 9.34. The molecule has 0 saturated carbocycles. The minimum absolute atomic E-state index is 0.311. The van der Waals surface area contributed by atoms with Gasteiger partial charge >= 0.3 is 0 Å². The van der Waals surface area contributed by atoms with Crippen LogP contribution in [0.1, 0.15) is 24.8 Å². The van der Waals surface area contributed by atoms with Gasteiger partial charge in [-0.3, -0.25) is 0 Å². The van der Waals surface area contributed by atoms with Crippen molar-refractivity contribution in [2.75, 3.05) is 26.4 Å². The second-order valence-corrected chi connectivity index (χ2v) is 4.91. The zero-order valence-corrected chi connectivity index (χ0v) is 11.3. The van der Waals surface area contributed by atoms with Crippen molar-refractivity contribution < 1.29 is 14.6 Å². The number of nitrogens with one attached hydrogen (secondary N) is 1. The van der Waals surface area contributed by atoms with Gasteiger partial charge in [0.05, 0.1) is 12.7 Å². The van der Waals surface area contributed by atoms with Crippen LogP contribution >= 0.6 is 0 Å². The lowest BCUT2D eigenvalue weighted by atomic mass is 10.2. The largest absolute Gasteiger partial charge is 0.508 e. The van der Waals surface area contributed by atoms with Gasteiger partial charge in [-0.25, -0.2) is 0 Å². The summed E-state index contributed by atoms with van der Waals surface area (Å²) in [5.41, 5.74) is 1.18. The minimum Gasteiger partial charge on any atom is -0.508 e. The zero-order valence-electron chi connectivity index (χ0n) is 11.3. The molecular weight excluding hydrogens is 242 g/mol. The van der Waals surface area contributed by atoms with Crippen molar-refractivity contribution in [2.24, 2.45) is 0 Å². The van der Waals surface area contributed by atoms with Crippen LogP contribution in [0.2, 0.25) is 0 Å². The Kier molecular flexibility index (Phi) is 6.14. The molecule has 1 unspecified atom stereocenters. The van der Waals surface area contributed by atoms with Crippen LogP contribution < -0.4 is 5.32 Å². The van der Waals surface area contributed by atoms with Gasteiger partial charge in [-0.2, -0.15) is 0 Å². The van der Waals surface area contributed by atoms with Crippen molar-refractivity contribution in [3.63, 3.8) is 0 Å². The normalized spacial score (nSPS) is 18.8. The van der Waals surface area contributed by atoms with Gasteiger partial charge in [0.2, 0.25) is 0 Å². The van der Waals surface area contributed by atoms with Gasteiger partial charge in [-0.1, -0.05) is 12.1 Å². The van der Waals surface area contributed by atoms with E-state index in [1.165, 1.54) is 12.0 Å². The van der Waals surface area contributed by atoms with E-state index in [1.807, 2.05) is 12.1 Å². The molecule has 2 N–H and O–H groups in total. The number of hydrogen-bond acceptors (Lipinski definition) is 4. The standard InChI is InChI=1S/C15H23NO3/c17-14-6-4-13(5-7-14)11-16-8-2-9-18-12-15-3-1-10-19-15/h4-7,15-17H,1-3,8-12H2. The van der Waals surface area contributed by atoms with Gasteiger partial charge in [0.15, 0.2) is 0 Å². The maximum atomic E-state index is 9.17. The fourth-order valence-corrected chi connectivity index (χ4v) is 2.14. The molecule has 0 aromatic heterocycles. The molecule has 1 aromatic carbocycles. The Labute approximate surface area is 114 Å². The number of phenolic OH excluding ortho intramolecular Hbond substituents is 1. The van der Waals surface area contributed by atoms with Crippen LogP contribution in [0.25, 0.3) is 0 Å². The average Bonchev–Trinajstić information content (AvgIpc) is 2.93. The van der Waals surface area contributed by atoms with Crippen molar-refractivity contribution >= 4 is 0 Å². The molecule has 2 rings (SSSR count). The summed E-state index contributed by atoms with van der Waals surface area (Å²) in [4.78, 5) is 0. The maximum Gasteiger partial charge on any atom is 0.115 e. The summed E-state index contributed by atoms with van der Waals surface area (Å²) in [5, 5.41) is 12.5. The van der Waals surface area contributed by atoms with Crippen LogP contribution in [0, 0.1) is 0 Å². The number of phenols is 1. The lowest BCUT2D eigenvalue weighted by molar-refractivity contribution is 0.0166. The first-order valence-electron chi connectivity index (χ1n) is 7.02. The van der Waals surface area contributed by atoms with Gasteiger partial charge in [0.1, 0.15) is 5.75 Å². The first-order valence-corrected chi connectivity index (χ1v) is 7.02. The molecular formula is C15H23NO3. The van der Waals surface area contributed by atoms with E-state index in [9.17, 15) is 0 Å². The third-order valence-corrected chi connectivity index (χ3v) is 3.24. The lowest BCUT2D eigenvalue weighted by Gasteiger charge is -2.10. The third-order valence-electron chi connectivity index (χ3n) is 3.24. The summed E-state index contributed by atoms with van der Waals surface area (Å²) in [6.45, 7) is 4.17. The van der Waals surface area contributed by atoms with Gasteiger partial charge in [0.25, 0.3) is 0 Å². The van der Waals surface area contributed by atoms with E-state index in [0.29, 0.717) is 11.9 Å². The molecule has 4 heteroatoms. The summed E-state index contributed by atoms with van der Waals surface area (Å²) in [6, 6.07) is 7.27. The van der Waals surface area contributed by atoms with Crippen LogP contribution in [0.3, 0.4) is 0 Å². The fourth-order valence-electron chi connectivity index (χ4n) is 2.14. The van der Waals surface area contributed by atoms with E-state index < -0.39 is 0 Å². The zero-order chi connectivity index (χ0) is 13.3. The molecule has 0 aliphatic carbocycles. The molecule has 19 heavy (non-hydrogen) atoms.